The van der Waals surface area contributed by atoms with Crippen molar-refractivity contribution in [3.63, 3.8) is 0 Å². The van der Waals surface area contributed by atoms with Crippen molar-refractivity contribution in [1.29, 1.82) is 0 Å². The van der Waals surface area contributed by atoms with Crippen LogP contribution in [0.2, 0.25) is 0 Å². The lowest BCUT2D eigenvalue weighted by Gasteiger charge is -2.47. The second kappa shape index (κ2) is 9.81. The fourth-order valence-electron chi connectivity index (χ4n) is 3.54. The van der Waals surface area contributed by atoms with Crippen molar-refractivity contribution < 1.29 is 43.3 Å². The van der Waals surface area contributed by atoms with Crippen LogP contribution in [0.3, 0.4) is 0 Å². The zero-order valence-corrected chi connectivity index (χ0v) is 18.0. The first-order valence-corrected chi connectivity index (χ1v) is 11.6. The summed E-state index contributed by atoms with van der Waals surface area (Å²) < 4.78 is 39.7. The van der Waals surface area contributed by atoms with Crippen LogP contribution in [-0.2, 0) is 32.9 Å². The Hall–Kier alpha value is -0.750. The lowest BCUT2D eigenvalue weighted by molar-refractivity contribution is -0.433. The molecular formula is C19H28NO9P. The van der Waals surface area contributed by atoms with Gasteiger partial charge in [0, 0.05) is 19.3 Å². The third-order valence-electron chi connectivity index (χ3n) is 5.15. The van der Waals surface area contributed by atoms with Crippen molar-refractivity contribution in [1.82, 2.24) is 5.06 Å². The molecule has 4 rings (SSSR count). The molecular weight excluding hydrogens is 417 g/mol. The molecule has 0 amide bonds. The highest BCUT2D eigenvalue weighted by Gasteiger charge is 2.53. The second-order valence-electron chi connectivity index (χ2n) is 7.15. The highest BCUT2D eigenvalue weighted by molar-refractivity contribution is 7.52. The number of aliphatic hydroxyl groups is 1. The average Bonchev–Trinajstić information content (AvgIpc) is 3.57. The highest BCUT2D eigenvalue weighted by atomic mass is 31.1. The van der Waals surface area contributed by atoms with E-state index in [2.05, 4.69) is 0 Å². The van der Waals surface area contributed by atoms with Gasteiger partial charge in [-0.1, -0.05) is 30.3 Å². The van der Waals surface area contributed by atoms with E-state index in [0.717, 1.165) is 5.56 Å². The second-order valence-corrected chi connectivity index (χ2v) is 8.97. The zero-order valence-electron chi connectivity index (χ0n) is 17.1. The first kappa shape index (κ1) is 22.4. The summed E-state index contributed by atoms with van der Waals surface area (Å²) in [5.74, 6) is -0.218. The van der Waals surface area contributed by atoms with E-state index in [0.29, 0.717) is 11.7 Å². The van der Waals surface area contributed by atoms with Crippen LogP contribution in [-0.4, -0.2) is 85.5 Å². The molecule has 0 radical (unpaired) electrons. The molecule has 3 fully saturated rings. The van der Waals surface area contributed by atoms with Gasteiger partial charge in [0.05, 0.1) is 14.8 Å². The predicted molar refractivity (Wildman–Crippen MR) is 103 cm³/mol. The van der Waals surface area contributed by atoms with Crippen molar-refractivity contribution >= 4 is 8.15 Å². The van der Waals surface area contributed by atoms with E-state index in [9.17, 15) is 10.3 Å². The number of hydrogen-bond donors (Lipinski definition) is 2. The van der Waals surface area contributed by atoms with Crippen LogP contribution in [0, 0.1) is 0 Å². The fourth-order valence-corrected chi connectivity index (χ4v) is 4.96. The Morgan fingerprint density at radius 3 is 2.70 bits per heavy atom. The highest BCUT2D eigenvalue weighted by Crippen LogP contribution is 2.53. The minimum Gasteiger partial charge on any atom is -0.373 e. The molecule has 9 atom stereocenters. The molecule has 1 aromatic rings. The topological polar surface area (TPSA) is 112 Å². The average molecular weight is 445 g/mol. The van der Waals surface area contributed by atoms with Crippen LogP contribution in [0.25, 0.3) is 0 Å². The first-order chi connectivity index (χ1) is 14.5. The number of aliphatic hydroxyl groups excluding tert-OH is 1. The lowest BCUT2D eigenvalue weighted by Crippen LogP contribution is -2.63. The van der Waals surface area contributed by atoms with Gasteiger partial charge in [-0.2, -0.15) is 0 Å². The third kappa shape index (κ3) is 4.69. The Labute approximate surface area is 176 Å². The quantitative estimate of drug-likeness (QED) is 0.347. The Kier molecular flexibility index (Phi) is 7.34. The number of ether oxygens (including phenoxy) is 6. The van der Waals surface area contributed by atoms with Gasteiger partial charge in [0.25, 0.3) is 0 Å². The van der Waals surface area contributed by atoms with Crippen LogP contribution in [0.4, 0.5) is 0 Å². The molecule has 9 unspecified atom stereocenters. The summed E-state index contributed by atoms with van der Waals surface area (Å²) in [7, 11) is 0.399. The summed E-state index contributed by atoms with van der Waals surface area (Å²) in [6, 6.07) is 9.39. The van der Waals surface area contributed by atoms with Gasteiger partial charge in [-0.25, -0.2) is 0 Å². The molecule has 0 bridgehead atoms. The van der Waals surface area contributed by atoms with Gasteiger partial charge < -0.3 is 43.3 Å². The Balaban J connectivity index is 1.34. The number of hydrogen-bond acceptors (Lipinski definition) is 10. The summed E-state index contributed by atoms with van der Waals surface area (Å²) in [5.41, 5.74) is 0.821. The van der Waals surface area contributed by atoms with E-state index >= 15 is 0 Å². The zero-order chi connectivity index (χ0) is 21.3. The van der Waals surface area contributed by atoms with Gasteiger partial charge in [0.2, 0.25) is 6.41 Å². The Bertz CT molecular complexity index is 683. The van der Waals surface area contributed by atoms with Crippen molar-refractivity contribution in [2.75, 3.05) is 27.0 Å². The minimum absolute atomic E-state index is 0.190. The molecule has 3 aliphatic rings. The predicted octanol–water partition coefficient (Wildman–Crippen LogP) is 1.57. The van der Waals surface area contributed by atoms with Crippen LogP contribution in [0.15, 0.2) is 30.3 Å². The van der Waals surface area contributed by atoms with Gasteiger partial charge in [0.1, 0.15) is 24.2 Å². The molecule has 3 aliphatic heterocycles. The smallest absolute Gasteiger partial charge is 0.246 e. The maximum atomic E-state index is 10.6. The van der Waals surface area contributed by atoms with Gasteiger partial charge in [0.15, 0.2) is 18.8 Å². The van der Waals surface area contributed by atoms with Crippen molar-refractivity contribution in [3.8, 4) is 0 Å². The molecule has 30 heavy (non-hydrogen) atoms. The molecule has 3 heterocycles. The van der Waals surface area contributed by atoms with Gasteiger partial charge in [-0.15, -0.1) is 5.06 Å². The van der Waals surface area contributed by atoms with Crippen LogP contribution in [0.5, 0.6) is 0 Å². The van der Waals surface area contributed by atoms with Gasteiger partial charge >= 0.3 is 0 Å². The van der Waals surface area contributed by atoms with Gasteiger partial charge in [-0.05, 0) is 13.6 Å². The van der Waals surface area contributed by atoms with E-state index in [1.54, 1.807) is 7.11 Å². The SMILES string of the molecule is CCOC(OC)C1OC1P(C)OC1OC2COC(c3ccccc3)OC2C(O)N1O. The van der Waals surface area contributed by atoms with Crippen LogP contribution < -0.4 is 0 Å². The van der Waals surface area contributed by atoms with Gasteiger partial charge in [-0.3, -0.25) is 0 Å². The molecule has 10 nitrogen and oxygen atoms in total. The van der Waals surface area contributed by atoms with E-state index in [4.69, 9.17) is 32.9 Å². The van der Waals surface area contributed by atoms with Crippen molar-refractivity contribution in [3.05, 3.63) is 35.9 Å². The molecule has 1 aromatic carbocycles. The fraction of sp³-hybridized carbons (Fsp3) is 0.684. The number of epoxide rings is 1. The molecule has 0 spiro atoms. The van der Waals surface area contributed by atoms with E-state index < -0.39 is 45.6 Å². The monoisotopic (exact) mass is 445 g/mol. The maximum Gasteiger partial charge on any atom is 0.246 e. The summed E-state index contributed by atoms with van der Waals surface area (Å²) >= 11 is 0. The molecule has 11 heteroatoms. The molecule has 2 N–H and O–H groups in total. The van der Waals surface area contributed by atoms with Crippen LogP contribution >= 0.6 is 8.15 Å². The molecule has 0 saturated carbocycles. The summed E-state index contributed by atoms with van der Waals surface area (Å²) in [5, 5.41) is 21.6. The number of nitrogens with zero attached hydrogens (tertiary/aromatic N) is 1. The number of hydroxylamine groups is 2. The van der Waals surface area contributed by atoms with E-state index in [-0.39, 0.29) is 18.6 Å². The Morgan fingerprint density at radius 2 is 2.00 bits per heavy atom. The largest absolute Gasteiger partial charge is 0.373 e. The maximum absolute atomic E-state index is 10.6. The van der Waals surface area contributed by atoms with E-state index in [1.807, 2.05) is 43.9 Å². The summed E-state index contributed by atoms with van der Waals surface area (Å²) in [6.45, 7) is 4.43. The number of rotatable bonds is 8. The standard InChI is InChI=1S/C19H28NO9P/c1-4-24-17(23-2)14-18(28-14)30(3)29-19-20(22)15(21)13-12(26-19)10-25-16(27-13)11-8-6-5-7-9-11/h5-9,12-19,21-22H,4,10H2,1-3H3. The number of methoxy groups -OCH3 is 1. The number of benzene rings is 1. The summed E-state index contributed by atoms with van der Waals surface area (Å²) in [6.07, 6.45) is -5.26. The van der Waals surface area contributed by atoms with Crippen LogP contribution in [0.1, 0.15) is 18.8 Å². The molecule has 3 saturated heterocycles. The summed E-state index contributed by atoms with van der Waals surface area (Å²) in [4.78, 5) is 0. The normalized spacial score (nSPS) is 38.6. The lowest BCUT2D eigenvalue weighted by atomic mass is 10.1. The molecule has 0 aliphatic carbocycles. The van der Waals surface area contributed by atoms with E-state index in [1.165, 1.54) is 0 Å². The third-order valence-corrected chi connectivity index (χ3v) is 6.80. The first-order valence-electron chi connectivity index (χ1n) is 9.85. The van der Waals surface area contributed by atoms with Crippen molar-refractivity contribution in [2.45, 2.75) is 56.3 Å². The molecule has 0 aromatic heterocycles. The molecule has 168 valence electrons. The van der Waals surface area contributed by atoms with Crippen molar-refractivity contribution in [2.24, 2.45) is 0 Å². The minimum atomic E-state index is -1.33. The number of fused-ring (bicyclic) bond motifs is 1. The Morgan fingerprint density at radius 1 is 1.23 bits per heavy atom.